The lowest BCUT2D eigenvalue weighted by molar-refractivity contribution is -0.136. The first-order chi connectivity index (χ1) is 15.3. The number of benzene rings is 2. The van der Waals surface area contributed by atoms with Gasteiger partial charge < -0.3 is 19.3 Å². The number of aromatic nitrogens is 1. The Morgan fingerprint density at radius 3 is 2.44 bits per heavy atom. The molecule has 0 saturated carbocycles. The molecule has 0 saturated heterocycles. The number of hydrogen-bond acceptors (Lipinski definition) is 7. The second kappa shape index (κ2) is 10.3. The number of methoxy groups -OCH3 is 2. The summed E-state index contributed by atoms with van der Waals surface area (Å²) in [6.07, 6.45) is 1.27. The molecule has 3 rings (SSSR count). The van der Waals surface area contributed by atoms with E-state index in [1.54, 1.807) is 36.5 Å². The third kappa shape index (κ3) is 5.63. The van der Waals surface area contributed by atoms with E-state index >= 15 is 0 Å². The molecule has 1 aromatic heterocycles. The first-order valence-corrected chi connectivity index (χ1v) is 11.1. The van der Waals surface area contributed by atoms with E-state index in [0.29, 0.717) is 23.6 Å². The molecule has 1 heterocycles. The molecule has 0 aliphatic rings. The molecule has 0 amide bonds. The smallest absolute Gasteiger partial charge is 0.307 e. The van der Waals surface area contributed by atoms with E-state index in [1.807, 2.05) is 0 Å². The van der Waals surface area contributed by atoms with Gasteiger partial charge in [-0.3, -0.25) is 4.79 Å². The maximum absolute atomic E-state index is 13.4. The highest BCUT2D eigenvalue weighted by Gasteiger charge is 2.21. The Morgan fingerprint density at radius 2 is 1.78 bits per heavy atom. The van der Waals surface area contributed by atoms with Gasteiger partial charge in [-0.1, -0.05) is 12.1 Å². The van der Waals surface area contributed by atoms with Crippen LogP contribution in [-0.4, -0.2) is 51.9 Å². The lowest BCUT2D eigenvalue weighted by Crippen LogP contribution is -2.08. The Labute approximate surface area is 186 Å². The van der Waals surface area contributed by atoms with Crippen molar-refractivity contribution in [3.05, 3.63) is 66.4 Å². The van der Waals surface area contributed by atoms with Crippen LogP contribution in [0, 0.1) is 0 Å². The van der Waals surface area contributed by atoms with E-state index in [-0.39, 0.29) is 28.6 Å². The molecule has 0 aliphatic heterocycles. The number of nitrogens with zero attached hydrogens (tertiary/aromatic N) is 1. The van der Waals surface area contributed by atoms with Crippen molar-refractivity contribution in [2.45, 2.75) is 16.2 Å². The molecule has 3 aromatic rings. The zero-order valence-corrected chi connectivity index (χ0v) is 18.5. The van der Waals surface area contributed by atoms with E-state index in [9.17, 15) is 13.2 Å². The average Bonchev–Trinajstić information content (AvgIpc) is 2.79. The number of ether oxygens (including phenoxy) is 3. The lowest BCUT2D eigenvalue weighted by atomic mass is 10.1. The number of pyridine rings is 1. The Kier molecular flexibility index (Phi) is 7.45. The van der Waals surface area contributed by atoms with E-state index in [1.165, 1.54) is 38.5 Å². The molecule has 168 valence electrons. The van der Waals surface area contributed by atoms with Gasteiger partial charge in [-0.15, -0.1) is 0 Å². The predicted molar refractivity (Wildman–Crippen MR) is 117 cm³/mol. The number of rotatable bonds is 10. The van der Waals surface area contributed by atoms with Crippen LogP contribution >= 0.6 is 0 Å². The van der Waals surface area contributed by atoms with Crippen molar-refractivity contribution >= 4 is 15.8 Å². The summed E-state index contributed by atoms with van der Waals surface area (Å²) >= 11 is 0. The van der Waals surface area contributed by atoms with Crippen LogP contribution < -0.4 is 9.47 Å². The molecule has 0 atom stereocenters. The highest BCUT2D eigenvalue weighted by atomic mass is 32.2. The first-order valence-electron chi connectivity index (χ1n) is 9.66. The molecule has 1 N–H and O–H groups in total. The fraction of sp³-hybridized carbons (Fsp3) is 0.217. The van der Waals surface area contributed by atoms with Crippen LogP contribution in [0.5, 0.6) is 11.6 Å². The second-order valence-corrected chi connectivity index (χ2v) is 8.79. The second-order valence-electron chi connectivity index (χ2n) is 6.84. The topological polar surface area (TPSA) is 112 Å². The minimum Gasteiger partial charge on any atom is -0.491 e. The molecular formula is C23H23NO7S. The van der Waals surface area contributed by atoms with Crippen LogP contribution in [0.15, 0.2) is 70.6 Å². The fourth-order valence-corrected chi connectivity index (χ4v) is 4.43. The first kappa shape index (κ1) is 23.2. The van der Waals surface area contributed by atoms with E-state index < -0.39 is 15.8 Å². The SMILES string of the molecule is COCCOc1cc(CC(=O)O)cc(S(=O)(=O)c2cccc(-c3ccc(OC)nc3)c2)c1. The van der Waals surface area contributed by atoms with Crippen LogP contribution in [0.2, 0.25) is 0 Å². The van der Waals surface area contributed by atoms with Crippen molar-refractivity contribution < 1.29 is 32.5 Å². The highest BCUT2D eigenvalue weighted by molar-refractivity contribution is 7.91. The number of hydrogen-bond donors (Lipinski definition) is 1. The summed E-state index contributed by atoms with van der Waals surface area (Å²) in [5, 5.41) is 9.16. The number of sulfone groups is 1. The Balaban J connectivity index is 2.00. The van der Waals surface area contributed by atoms with Crippen LogP contribution in [-0.2, 0) is 25.8 Å². The maximum Gasteiger partial charge on any atom is 0.307 e. The van der Waals surface area contributed by atoms with Crippen LogP contribution in [0.4, 0.5) is 0 Å². The molecule has 9 heteroatoms. The summed E-state index contributed by atoms with van der Waals surface area (Å²) in [6, 6.07) is 14.2. The maximum atomic E-state index is 13.4. The third-order valence-electron chi connectivity index (χ3n) is 4.58. The van der Waals surface area contributed by atoms with Crippen molar-refractivity contribution in [3.63, 3.8) is 0 Å². The molecule has 8 nitrogen and oxygen atoms in total. The summed E-state index contributed by atoms with van der Waals surface area (Å²) in [7, 11) is -0.909. The quantitative estimate of drug-likeness (QED) is 0.462. The fourth-order valence-electron chi connectivity index (χ4n) is 3.04. The summed E-state index contributed by atoms with van der Waals surface area (Å²) in [4.78, 5) is 15.4. The van der Waals surface area contributed by atoms with Gasteiger partial charge in [-0.2, -0.15) is 0 Å². The van der Waals surface area contributed by atoms with Crippen LogP contribution in [0.25, 0.3) is 11.1 Å². The Morgan fingerprint density at radius 1 is 0.969 bits per heavy atom. The van der Waals surface area contributed by atoms with E-state index in [0.717, 1.165) is 5.56 Å². The Bertz CT molecular complexity index is 1190. The van der Waals surface area contributed by atoms with Crippen molar-refractivity contribution in [3.8, 4) is 22.8 Å². The van der Waals surface area contributed by atoms with Crippen molar-refractivity contribution in [2.24, 2.45) is 0 Å². The minimum atomic E-state index is -3.94. The zero-order valence-electron chi connectivity index (χ0n) is 17.6. The largest absolute Gasteiger partial charge is 0.491 e. The molecule has 0 aliphatic carbocycles. The standard InChI is InChI=1S/C23H23NO7S/c1-29-8-9-31-19-10-16(12-23(25)26)11-21(14-19)32(27,28)20-5-3-4-17(13-20)18-6-7-22(30-2)24-15-18/h3-7,10-11,13-15H,8-9,12H2,1-2H3,(H,25,26). The van der Waals surface area contributed by atoms with Gasteiger partial charge in [0, 0.05) is 24.9 Å². The predicted octanol–water partition coefficient (Wildman–Crippen LogP) is 3.24. The number of aliphatic carboxylic acids is 1. The number of carboxylic acid groups (broad SMARTS) is 1. The average molecular weight is 458 g/mol. The molecule has 0 radical (unpaired) electrons. The summed E-state index contributed by atoms with van der Waals surface area (Å²) < 4.78 is 42.3. The summed E-state index contributed by atoms with van der Waals surface area (Å²) in [5.74, 6) is -0.361. The van der Waals surface area contributed by atoms with Gasteiger partial charge in [0.25, 0.3) is 0 Å². The van der Waals surface area contributed by atoms with Crippen LogP contribution in [0.3, 0.4) is 0 Å². The van der Waals surface area contributed by atoms with Gasteiger partial charge in [-0.05, 0) is 47.5 Å². The van der Waals surface area contributed by atoms with Gasteiger partial charge in [-0.25, -0.2) is 13.4 Å². The van der Waals surface area contributed by atoms with Crippen molar-refractivity contribution in [1.82, 2.24) is 4.98 Å². The van der Waals surface area contributed by atoms with E-state index in [4.69, 9.17) is 19.3 Å². The Hall–Kier alpha value is -3.43. The molecule has 32 heavy (non-hydrogen) atoms. The minimum absolute atomic E-state index is 0.0475. The van der Waals surface area contributed by atoms with Gasteiger partial charge in [0.1, 0.15) is 12.4 Å². The molecule has 0 fully saturated rings. The molecule has 0 unspecified atom stereocenters. The van der Waals surface area contributed by atoms with Crippen molar-refractivity contribution in [1.29, 1.82) is 0 Å². The van der Waals surface area contributed by atoms with Crippen molar-refractivity contribution in [2.75, 3.05) is 27.4 Å². The van der Waals surface area contributed by atoms with E-state index in [2.05, 4.69) is 4.98 Å². The monoisotopic (exact) mass is 457 g/mol. The van der Waals surface area contributed by atoms with Gasteiger partial charge in [0.2, 0.25) is 15.7 Å². The van der Waals surface area contributed by atoms with Gasteiger partial charge in [0.15, 0.2) is 0 Å². The molecular weight excluding hydrogens is 434 g/mol. The molecule has 0 spiro atoms. The van der Waals surface area contributed by atoms with Crippen LogP contribution in [0.1, 0.15) is 5.56 Å². The molecule has 0 bridgehead atoms. The zero-order chi connectivity index (χ0) is 23.1. The third-order valence-corrected chi connectivity index (χ3v) is 6.32. The van der Waals surface area contributed by atoms with Gasteiger partial charge in [0.05, 0.1) is 29.9 Å². The lowest BCUT2D eigenvalue weighted by Gasteiger charge is -2.12. The highest BCUT2D eigenvalue weighted by Crippen LogP contribution is 2.29. The summed E-state index contributed by atoms with van der Waals surface area (Å²) in [5.41, 5.74) is 1.71. The summed E-state index contributed by atoms with van der Waals surface area (Å²) in [6.45, 7) is 0.510. The molecule has 2 aromatic carbocycles. The number of carbonyl (C=O) groups is 1. The normalized spacial score (nSPS) is 11.2. The van der Waals surface area contributed by atoms with Gasteiger partial charge >= 0.3 is 5.97 Å². The number of carboxylic acids is 1.